The molecule has 0 amide bonds. The average molecular weight is 292 g/mol. The van der Waals surface area contributed by atoms with Gasteiger partial charge in [-0.3, -0.25) is 9.78 Å². The summed E-state index contributed by atoms with van der Waals surface area (Å²) in [7, 11) is 0. The maximum absolute atomic E-state index is 12.2. The number of hydrogen-bond donors (Lipinski definition) is 0. The molecule has 112 valence electrons. The molecule has 2 aromatic rings. The lowest BCUT2D eigenvalue weighted by atomic mass is 10.1. The first kappa shape index (κ1) is 14.5. The van der Waals surface area contributed by atoms with Crippen LogP contribution in [0.1, 0.15) is 35.2 Å². The number of rotatable bonds is 4. The molecule has 0 spiro atoms. The number of pyridine rings is 1. The smallest absolute Gasteiger partial charge is 0.185 e. The Morgan fingerprint density at radius 3 is 2.32 bits per heavy atom. The Balaban J connectivity index is 1.67. The third kappa shape index (κ3) is 3.61. The Morgan fingerprint density at radius 2 is 1.64 bits per heavy atom. The molecule has 22 heavy (non-hydrogen) atoms. The number of ketones is 1. The minimum absolute atomic E-state index is 0.0296. The number of nitrogens with zero attached hydrogens (tertiary/aromatic N) is 2. The Bertz CT molecular complexity index is 641. The number of anilines is 1. The van der Waals surface area contributed by atoms with Crippen LogP contribution in [0.4, 0.5) is 5.69 Å². The summed E-state index contributed by atoms with van der Waals surface area (Å²) in [6.07, 6.45) is 10.7. The highest BCUT2D eigenvalue weighted by Gasteiger charge is 2.11. The molecule has 3 nitrogen and oxygen atoms in total. The highest BCUT2D eigenvalue weighted by Crippen LogP contribution is 2.20. The normalized spacial score (nSPS) is 15.2. The van der Waals surface area contributed by atoms with Crippen molar-refractivity contribution >= 4 is 17.5 Å². The van der Waals surface area contributed by atoms with Crippen molar-refractivity contribution in [3.8, 4) is 0 Å². The summed E-state index contributed by atoms with van der Waals surface area (Å²) in [6, 6.07) is 11.7. The minimum atomic E-state index is 0.0296. The molecule has 3 rings (SSSR count). The molecule has 0 aliphatic carbocycles. The maximum atomic E-state index is 12.2. The number of hydrogen-bond acceptors (Lipinski definition) is 3. The summed E-state index contributed by atoms with van der Waals surface area (Å²) in [5.41, 5.74) is 2.92. The second-order valence-corrected chi connectivity index (χ2v) is 5.57. The van der Waals surface area contributed by atoms with Crippen LogP contribution in [-0.2, 0) is 0 Å². The van der Waals surface area contributed by atoms with Gasteiger partial charge < -0.3 is 4.90 Å². The number of benzene rings is 1. The molecule has 1 aliphatic heterocycles. The Morgan fingerprint density at radius 1 is 0.955 bits per heavy atom. The molecule has 1 aliphatic rings. The van der Waals surface area contributed by atoms with Gasteiger partial charge in [-0.05, 0) is 67.3 Å². The second-order valence-electron chi connectivity index (χ2n) is 5.57. The van der Waals surface area contributed by atoms with E-state index in [0.29, 0.717) is 0 Å². The number of piperidine rings is 1. The van der Waals surface area contributed by atoms with Gasteiger partial charge in [0, 0.05) is 36.7 Å². The topological polar surface area (TPSA) is 33.2 Å². The second kappa shape index (κ2) is 7.03. The van der Waals surface area contributed by atoms with E-state index >= 15 is 0 Å². The van der Waals surface area contributed by atoms with E-state index in [1.807, 2.05) is 30.3 Å². The van der Waals surface area contributed by atoms with E-state index in [4.69, 9.17) is 0 Å². The molecule has 1 fully saturated rings. The molecule has 0 unspecified atom stereocenters. The highest BCUT2D eigenvalue weighted by molar-refractivity contribution is 6.06. The van der Waals surface area contributed by atoms with Crippen LogP contribution in [-0.4, -0.2) is 23.9 Å². The first-order valence-electron chi connectivity index (χ1n) is 7.80. The molecular weight excluding hydrogens is 272 g/mol. The van der Waals surface area contributed by atoms with Crippen molar-refractivity contribution in [2.75, 3.05) is 18.0 Å². The van der Waals surface area contributed by atoms with E-state index < -0.39 is 0 Å². The van der Waals surface area contributed by atoms with E-state index in [1.54, 1.807) is 18.5 Å². The summed E-state index contributed by atoms with van der Waals surface area (Å²) in [6.45, 7) is 2.24. The third-order valence-electron chi connectivity index (χ3n) is 4.01. The van der Waals surface area contributed by atoms with Gasteiger partial charge in [-0.2, -0.15) is 0 Å². The fourth-order valence-corrected chi connectivity index (χ4v) is 2.73. The summed E-state index contributed by atoms with van der Waals surface area (Å²) < 4.78 is 0. The fourth-order valence-electron chi connectivity index (χ4n) is 2.73. The van der Waals surface area contributed by atoms with Crippen molar-refractivity contribution in [3.05, 3.63) is 66.0 Å². The Hall–Kier alpha value is -2.42. The summed E-state index contributed by atoms with van der Waals surface area (Å²) in [4.78, 5) is 18.5. The van der Waals surface area contributed by atoms with Crippen molar-refractivity contribution in [3.63, 3.8) is 0 Å². The number of allylic oxidation sites excluding steroid dienone is 1. The lowest BCUT2D eigenvalue weighted by Gasteiger charge is -2.28. The molecule has 1 saturated heterocycles. The Labute approximate surface area is 131 Å². The zero-order chi connectivity index (χ0) is 15.2. The number of aromatic nitrogens is 1. The fraction of sp³-hybridized carbons (Fsp3) is 0.263. The standard InChI is InChI=1S/C19H20N2O/c22-19(9-4-16-10-12-20-13-11-16)17-5-7-18(8-6-17)21-14-2-1-3-15-21/h4-13H,1-3,14-15H2/b9-4+. The molecule has 1 aromatic heterocycles. The lowest BCUT2D eigenvalue weighted by Crippen LogP contribution is -2.29. The van der Waals surface area contributed by atoms with Gasteiger partial charge in [-0.15, -0.1) is 0 Å². The van der Waals surface area contributed by atoms with Crippen molar-refractivity contribution in [2.45, 2.75) is 19.3 Å². The Kier molecular flexibility index (Phi) is 4.64. The molecule has 0 saturated carbocycles. The molecule has 0 bridgehead atoms. The zero-order valence-electron chi connectivity index (χ0n) is 12.6. The van der Waals surface area contributed by atoms with Gasteiger partial charge in [-0.1, -0.05) is 6.08 Å². The number of carbonyl (C=O) groups is 1. The molecular formula is C19H20N2O. The molecule has 0 atom stereocenters. The first-order valence-corrected chi connectivity index (χ1v) is 7.80. The monoisotopic (exact) mass is 292 g/mol. The molecule has 1 aromatic carbocycles. The highest BCUT2D eigenvalue weighted by atomic mass is 16.1. The number of carbonyl (C=O) groups excluding carboxylic acids is 1. The quantitative estimate of drug-likeness (QED) is 0.631. The van der Waals surface area contributed by atoms with Crippen LogP contribution in [0.2, 0.25) is 0 Å². The van der Waals surface area contributed by atoms with E-state index in [0.717, 1.165) is 24.2 Å². The largest absolute Gasteiger partial charge is 0.372 e. The van der Waals surface area contributed by atoms with Gasteiger partial charge in [0.1, 0.15) is 0 Å². The average Bonchev–Trinajstić information content (AvgIpc) is 2.61. The maximum Gasteiger partial charge on any atom is 0.185 e. The van der Waals surface area contributed by atoms with E-state index in [9.17, 15) is 4.79 Å². The van der Waals surface area contributed by atoms with Crippen LogP contribution in [0, 0.1) is 0 Å². The lowest BCUT2D eigenvalue weighted by molar-refractivity contribution is 0.104. The van der Waals surface area contributed by atoms with Crippen LogP contribution in [0.3, 0.4) is 0 Å². The van der Waals surface area contributed by atoms with Crippen LogP contribution in [0.5, 0.6) is 0 Å². The predicted molar refractivity (Wildman–Crippen MR) is 90.1 cm³/mol. The van der Waals surface area contributed by atoms with Gasteiger partial charge in [-0.25, -0.2) is 0 Å². The molecule has 3 heteroatoms. The van der Waals surface area contributed by atoms with E-state index in [2.05, 4.69) is 22.0 Å². The van der Waals surface area contributed by atoms with E-state index in [-0.39, 0.29) is 5.78 Å². The molecule has 0 N–H and O–H groups in total. The van der Waals surface area contributed by atoms with Crippen molar-refractivity contribution in [2.24, 2.45) is 0 Å². The van der Waals surface area contributed by atoms with Crippen LogP contribution in [0.15, 0.2) is 54.9 Å². The van der Waals surface area contributed by atoms with Crippen LogP contribution >= 0.6 is 0 Å². The summed E-state index contributed by atoms with van der Waals surface area (Å²) >= 11 is 0. The summed E-state index contributed by atoms with van der Waals surface area (Å²) in [5, 5.41) is 0. The first-order chi connectivity index (χ1) is 10.8. The van der Waals surface area contributed by atoms with Gasteiger partial charge in [0.15, 0.2) is 5.78 Å². The van der Waals surface area contributed by atoms with Gasteiger partial charge >= 0.3 is 0 Å². The van der Waals surface area contributed by atoms with Gasteiger partial charge in [0.05, 0.1) is 0 Å². The zero-order valence-corrected chi connectivity index (χ0v) is 12.6. The van der Waals surface area contributed by atoms with Crippen LogP contribution < -0.4 is 4.90 Å². The third-order valence-corrected chi connectivity index (χ3v) is 4.01. The minimum Gasteiger partial charge on any atom is -0.372 e. The SMILES string of the molecule is O=C(/C=C/c1ccncc1)c1ccc(N2CCCCC2)cc1. The summed E-state index contributed by atoms with van der Waals surface area (Å²) in [5.74, 6) is 0.0296. The molecule has 0 radical (unpaired) electrons. The molecule has 2 heterocycles. The van der Waals surface area contributed by atoms with Crippen molar-refractivity contribution in [1.29, 1.82) is 0 Å². The van der Waals surface area contributed by atoms with Gasteiger partial charge in [0.2, 0.25) is 0 Å². The van der Waals surface area contributed by atoms with E-state index in [1.165, 1.54) is 24.9 Å². The van der Waals surface area contributed by atoms with Gasteiger partial charge in [0.25, 0.3) is 0 Å². The predicted octanol–water partition coefficient (Wildman–Crippen LogP) is 3.97. The van der Waals surface area contributed by atoms with Crippen molar-refractivity contribution in [1.82, 2.24) is 4.98 Å². The van der Waals surface area contributed by atoms with Crippen molar-refractivity contribution < 1.29 is 4.79 Å². The van der Waals surface area contributed by atoms with Crippen LogP contribution in [0.25, 0.3) is 6.08 Å².